The van der Waals surface area contributed by atoms with Gasteiger partial charge in [0.05, 0.1) is 0 Å². The van der Waals surface area contributed by atoms with Crippen molar-refractivity contribution < 1.29 is 0 Å². The zero-order chi connectivity index (χ0) is 8.98. The molecule has 1 heteroatoms. The SMILES string of the molecule is CC1CCC2(CN)CC1C2(C)C. The molecule has 0 heterocycles. The first-order valence-corrected chi connectivity index (χ1v) is 5.23. The Bertz CT molecular complexity index is 193. The van der Waals surface area contributed by atoms with E-state index in [9.17, 15) is 0 Å². The minimum absolute atomic E-state index is 0.518. The van der Waals surface area contributed by atoms with Gasteiger partial charge in [0.25, 0.3) is 0 Å². The third kappa shape index (κ3) is 0.736. The summed E-state index contributed by atoms with van der Waals surface area (Å²) in [5.41, 5.74) is 6.94. The summed E-state index contributed by atoms with van der Waals surface area (Å²) >= 11 is 0. The molecule has 3 rings (SSSR count). The first-order valence-electron chi connectivity index (χ1n) is 5.23. The predicted octanol–water partition coefficient (Wildman–Crippen LogP) is 2.41. The number of hydrogen-bond donors (Lipinski definition) is 1. The van der Waals surface area contributed by atoms with E-state index < -0.39 is 0 Å². The van der Waals surface area contributed by atoms with Crippen LogP contribution in [0.25, 0.3) is 0 Å². The van der Waals surface area contributed by atoms with Crippen LogP contribution in [0.5, 0.6) is 0 Å². The van der Waals surface area contributed by atoms with Crippen molar-refractivity contribution in [2.24, 2.45) is 28.4 Å². The highest BCUT2D eigenvalue weighted by Crippen LogP contribution is 2.68. The summed E-state index contributed by atoms with van der Waals surface area (Å²) in [6, 6.07) is 0. The lowest BCUT2D eigenvalue weighted by Crippen LogP contribution is -2.63. The summed E-state index contributed by atoms with van der Waals surface area (Å²) < 4.78 is 0. The maximum Gasteiger partial charge on any atom is -0.00152 e. The molecule has 0 amide bonds. The molecule has 0 aromatic rings. The number of fused-ring (bicyclic) bond motifs is 2. The largest absolute Gasteiger partial charge is 0.330 e. The molecular formula is C11H21N. The predicted molar refractivity (Wildman–Crippen MR) is 51.8 cm³/mol. The highest BCUT2D eigenvalue weighted by Gasteiger charge is 2.62. The maximum absolute atomic E-state index is 5.90. The van der Waals surface area contributed by atoms with Gasteiger partial charge in [0, 0.05) is 0 Å². The Balaban J connectivity index is 2.23. The highest BCUT2D eigenvalue weighted by molar-refractivity contribution is 5.12. The third-order valence-electron chi connectivity index (χ3n) is 5.06. The van der Waals surface area contributed by atoms with Crippen LogP contribution in [0.2, 0.25) is 0 Å². The van der Waals surface area contributed by atoms with Crippen LogP contribution >= 0.6 is 0 Å². The Kier molecular flexibility index (Phi) is 1.61. The van der Waals surface area contributed by atoms with Crippen molar-refractivity contribution in [2.75, 3.05) is 6.54 Å². The summed E-state index contributed by atoms with van der Waals surface area (Å²) in [5.74, 6) is 1.89. The second-order valence-corrected chi connectivity index (χ2v) is 5.53. The van der Waals surface area contributed by atoms with Crippen LogP contribution in [0.15, 0.2) is 0 Å². The molecule has 3 fully saturated rings. The van der Waals surface area contributed by atoms with Gasteiger partial charge in [-0.25, -0.2) is 0 Å². The van der Waals surface area contributed by atoms with E-state index in [0.29, 0.717) is 10.8 Å². The average Bonchev–Trinajstić information content (AvgIpc) is 2.04. The zero-order valence-corrected chi connectivity index (χ0v) is 8.56. The van der Waals surface area contributed by atoms with E-state index in [0.717, 1.165) is 18.4 Å². The second kappa shape index (κ2) is 2.25. The van der Waals surface area contributed by atoms with Gasteiger partial charge in [0.1, 0.15) is 0 Å². The zero-order valence-electron chi connectivity index (χ0n) is 8.56. The topological polar surface area (TPSA) is 26.0 Å². The lowest BCUT2D eigenvalue weighted by atomic mass is 9.37. The van der Waals surface area contributed by atoms with Crippen LogP contribution in [-0.2, 0) is 0 Å². The van der Waals surface area contributed by atoms with E-state index in [1.165, 1.54) is 19.3 Å². The van der Waals surface area contributed by atoms with Crippen molar-refractivity contribution in [1.29, 1.82) is 0 Å². The summed E-state index contributed by atoms with van der Waals surface area (Å²) in [4.78, 5) is 0. The van der Waals surface area contributed by atoms with Crippen molar-refractivity contribution in [3.8, 4) is 0 Å². The minimum atomic E-state index is 0.518. The molecule has 0 aliphatic heterocycles. The van der Waals surface area contributed by atoms with Gasteiger partial charge < -0.3 is 5.73 Å². The molecule has 12 heavy (non-hydrogen) atoms. The number of rotatable bonds is 1. The van der Waals surface area contributed by atoms with Crippen molar-refractivity contribution in [3.05, 3.63) is 0 Å². The van der Waals surface area contributed by atoms with Crippen LogP contribution in [0.1, 0.15) is 40.0 Å². The molecule has 0 spiro atoms. The van der Waals surface area contributed by atoms with Crippen LogP contribution < -0.4 is 5.73 Å². The molecule has 0 radical (unpaired) electrons. The lowest BCUT2D eigenvalue weighted by Gasteiger charge is -2.68. The Morgan fingerprint density at radius 1 is 1.42 bits per heavy atom. The molecule has 3 saturated carbocycles. The molecule has 0 aromatic heterocycles. The molecule has 1 nitrogen and oxygen atoms in total. The third-order valence-corrected chi connectivity index (χ3v) is 5.06. The Morgan fingerprint density at radius 2 is 2.08 bits per heavy atom. The standard InChI is InChI=1S/C11H21N/c1-8-4-5-11(7-12)6-9(8)10(11,2)3/h8-9H,4-7,12H2,1-3H3. The molecule has 3 aliphatic rings. The smallest absolute Gasteiger partial charge is 0.00152 e. The summed E-state index contributed by atoms with van der Waals surface area (Å²) in [5, 5.41) is 0. The first-order chi connectivity index (χ1) is 5.53. The van der Waals surface area contributed by atoms with E-state index in [1.807, 2.05) is 0 Å². The van der Waals surface area contributed by atoms with E-state index in [4.69, 9.17) is 5.73 Å². The van der Waals surface area contributed by atoms with E-state index >= 15 is 0 Å². The first kappa shape index (κ1) is 8.55. The van der Waals surface area contributed by atoms with Crippen molar-refractivity contribution >= 4 is 0 Å². The molecular weight excluding hydrogens is 146 g/mol. The molecule has 2 N–H and O–H groups in total. The monoisotopic (exact) mass is 167 g/mol. The summed E-state index contributed by atoms with van der Waals surface area (Å²) in [6.45, 7) is 8.16. The average molecular weight is 167 g/mol. The molecule has 3 aliphatic carbocycles. The van der Waals surface area contributed by atoms with Crippen LogP contribution in [0, 0.1) is 22.7 Å². The van der Waals surface area contributed by atoms with Crippen LogP contribution in [0.3, 0.4) is 0 Å². The number of nitrogens with two attached hydrogens (primary N) is 1. The van der Waals surface area contributed by atoms with Crippen molar-refractivity contribution in [2.45, 2.75) is 40.0 Å². The van der Waals surface area contributed by atoms with Crippen molar-refractivity contribution in [1.82, 2.24) is 0 Å². The van der Waals surface area contributed by atoms with Crippen LogP contribution in [-0.4, -0.2) is 6.54 Å². The van der Waals surface area contributed by atoms with Gasteiger partial charge in [0.2, 0.25) is 0 Å². The summed E-state index contributed by atoms with van der Waals surface area (Å²) in [7, 11) is 0. The highest BCUT2D eigenvalue weighted by atomic mass is 14.7. The fourth-order valence-electron chi connectivity index (χ4n) is 3.69. The van der Waals surface area contributed by atoms with Gasteiger partial charge in [-0.15, -0.1) is 0 Å². The normalized spacial score (nSPS) is 50.0. The maximum atomic E-state index is 5.90. The quantitative estimate of drug-likeness (QED) is 0.637. The van der Waals surface area contributed by atoms with Gasteiger partial charge in [-0.3, -0.25) is 0 Å². The van der Waals surface area contributed by atoms with Gasteiger partial charge in [-0.2, -0.15) is 0 Å². The summed E-state index contributed by atoms with van der Waals surface area (Å²) in [6.07, 6.45) is 4.18. The van der Waals surface area contributed by atoms with E-state index in [2.05, 4.69) is 20.8 Å². The second-order valence-electron chi connectivity index (χ2n) is 5.53. The van der Waals surface area contributed by atoms with Crippen molar-refractivity contribution in [3.63, 3.8) is 0 Å². The Labute approximate surface area is 75.7 Å². The van der Waals surface area contributed by atoms with Gasteiger partial charge in [-0.05, 0) is 48.5 Å². The molecule has 3 unspecified atom stereocenters. The molecule has 0 saturated heterocycles. The number of hydrogen-bond acceptors (Lipinski definition) is 1. The molecule has 70 valence electrons. The molecule has 2 bridgehead atoms. The van der Waals surface area contributed by atoms with E-state index in [-0.39, 0.29) is 0 Å². The van der Waals surface area contributed by atoms with Gasteiger partial charge in [-0.1, -0.05) is 20.8 Å². The van der Waals surface area contributed by atoms with Crippen LogP contribution in [0.4, 0.5) is 0 Å². The molecule has 3 atom stereocenters. The van der Waals surface area contributed by atoms with Gasteiger partial charge in [0.15, 0.2) is 0 Å². The van der Waals surface area contributed by atoms with E-state index in [1.54, 1.807) is 0 Å². The fraction of sp³-hybridized carbons (Fsp3) is 1.00. The Hall–Kier alpha value is -0.0400. The minimum Gasteiger partial charge on any atom is -0.330 e. The van der Waals surface area contributed by atoms with Gasteiger partial charge >= 0.3 is 0 Å². The molecule has 0 aromatic carbocycles. The lowest BCUT2D eigenvalue weighted by molar-refractivity contribution is -0.179. The fourth-order valence-corrected chi connectivity index (χ4v) is 3.69. The Morgan fingerprint density at radius 3 is 2.50 bits per heavy atom.